The summed E-state index contributed by atoms with van der Waals surface area (Å²) in [6.07, 6.45) is 36.7. The Morgan fingerprint density at radius 2 is 1.17 bits per heavy atom. The van der Waals surface area contributed by atoms with Gasteiger partial charge >= 0.3 is 17.9 Å². The maximum absolute atomic E-state index is 12.6. The third-order valence-corrected chi connectivity index (χ3v) is 7.46. The molecule has 0 saturated heterocycles. The molecular formula is C40H66NO7+. The molecule has 0 rings (SSSR count). The Bertz CT molecular complexity index is 1020. The van der Waals surface area contributed by atoms with Crippen LogP contribution in [-0.2, 0) is 28.6 Å². The van der Waals surface area contributed by atoms with Gasteiger partial charge in [0.1, 0.15) is 6.61 Å². The number of unbranched alkanes of at least 4 members (excludes halogenated alkanes) is 8. The summed E-state index contributed by atoms with van der Waals surface area (Å²) < 4.78 is 17.1. The van der Waals surface area contributed by atoms with Crippen molar-refractivity contribution in [2.75, 3.05) is 41.0 Å². The van der Waals surface area contributed by atoms with Crippen LogP contribution >= 0.6 is 0 Å². The zero-order chi connectivity index (χ0) is 35.7. The van der Waals surface area contributed by atoms with Crippen molar-refractivity contribution in [2.45, 2.75) is 122 Å². The van der Waals surface area contributed by atoms with Gasteiger partial charge in [-0.15, -0.1) is 0 Å². The highest BCUT2D eigenvalue weighted by Crippen LogP contribution is 2.11. The Hall–Kier alpha value is -3.23. The van der Waals surface area contributed by atoms with Crippen molar-refractivity contribution in [1.82, 2.24) is 0 Å². The van der Waals surface area contributed by atoms with Gasteiger partial charge in [-0.05, 0) is 51.4 Å². The molecule has 0 aromatic heterocycles. The van der Waals surface area contributed by atoms with E-state index >= 15 is 0 Å². The van der Waals surface area contributed by atoms with Gasteiger partial charge in [0, 0.05) is 19.3 Å². The second-order valence-corrected chi connectivity index (χ2v) is 12.9. The molecule has 0 spiro atoms. The van der Waals surface area contributed by atoms with E-state index < -0.39 is 18.1 Å². The fraction of sp³-hybridized carbons (Fsp3) is 0.625. The predicted molar refractivity (Wildman–Crippen MR) is 197 cm³/mol. The largest absolute Gasteiger partial charge is 0.477 e. The molecule has 1 N–H and O–H groups in total. The molecule has 0 fully saturated rings. The van der Waals surface area contributed by atoms with Crippen LogP contribution in [0.1, 0.15) is 110 Å². The van der Waals surface area contributed by atoms with Crippen molar-refractivity contribution in [2.24, 2.45) is 0 Å². The minimum Gasteiger partial charge on any atom is -0.477 e. The number of carbonyl (C=O) groups is 3. The van der Waals surface area contributed by atoms with Gasteiger partial charge in [0.25, 0.3) is 0 Å². The van der Waals surface area contributed by atoms with Crippen molar-refractivity contribution in [3.05, 3.63) is 72.9 Å². The SMILES string of the molecule is CC/C=C/C=C/C=C/C=C/CCCCCC(=O)OCC(COCCC(C(=O)O)[N+](C)(C)C)OC(=O)CCCCC/C=C/C=C/CCCC. The van der Waals surface area contributed by atoms with Crippen molar-refractivity contribution >= 4 is 17.9 Å². The number of hydrogen-bond acceptors (Lipinski definition) is 6. The number of rotatable bonds is 30. The van der Waals surface area contributed by atoms with E-state index in [9.17, 15) is 19.5 Å². The first-order valence-electron chi connectivity index (χ1n) is 18.0. The number of nitrogens with zero attached hydrogens (tertiary/aromatic N) is 1. The van der Waals surface area contributed by atoms with E-state index in [1.54, 1.807) is 0 Å². The number of carboxylic acids is 1. The van der Waals surface area contributed by atoms with Crippen LogP contribution < -0.4 is 0 Å². The van der Waals surface area contributed by atoms with Gasteiger partial charge < -0.3 is 23.8 Å². The smallest absolute Gasteiger partial charge is 0.362 e. The Morgan fingerprint density at radius 3 is 1.71 bits per heavy atom. The molecule has 2 atom stereocenters. The highest BCUT2D eigenvalue weighted by atomic mass is 16.6. The lowest BCUT2D eigenvalue weighted by Crippen LogP contribution is -2.50. The summed E-state index contributed by atoms with van der Waals surface area (Å²) in [5.41, 5.74) is 0. The van der Waals surface area contributed by atoms with Crippen LogP contribution in [0, 0.1) is 0 Å². The minimum absolute atomic E-state index is 0.0328. The second kappa shape index (κ2) is 31.1. The molecule has 0 aliphatic rings. The van der Waals surface area contributed by atoms with Crippen LogP contribution in [0.4, 0.5) is 0 Å². The van der Waals surface area contributed by atoms with Gasteiger partial charge in [-0.25, -0.2) is 4.79 Å². The number of ether oxygens (including phenoxy) is 3. The van der Waals surface area contributed by atoms with E-state index in [1.165, 1.54) is 12.8 Å². The van der Waals surface area contributed by atoms with E-state index in [0.717, 1.165) is 64.2 Å². The number of esters is 2. The molecule has 0 amide bonds. The number of allylic oxidation sites excluding steroid dienone is 12. The quantitative estimate of drug-likeness (QED) is 0.0352. The van der Waals surface area contributed by atoms with Crippen molar-refractivity contribution < 1.29 is 38.2 Å². The first-order chi connectivity index (χ1) is 23.1. The molecule has 0 heterocycles. The van der Waals surface area contributed by atoms with Gasteiger partial charge in [0.2, 0.25) is 0 Å². The minimum atomic E-state index is -0.891. The normalized spacial score (nSPS) is 13.9. The molecule has 0 saturated carbocycles. The molecule has 2 unspecified atom stereocenters. The fourth-order valence-corrected chi connectivity index (χ4v) is 4.61. The maximum atomic E-state index is 12.6. The van der Waals surface area contributed by atoms with Crippen LogP contribution in [0.25, 0.3) is 0 Å². The molecule has 0 radical (unpaired) electrons. The van der Waals surface area contributed by atoms with Crippen LogP contribution in [-0.4, -0.2) is 80.6 Å². The van der Waals surface area contributed by atoms with Crippen molar-refractivity contribution in [3.8, 4) is 0 Å². The highest BCUT2D eigenvalue weighted by Gasteiger charge is 2.31. The summed E-state index contributed by atoms with van der Waals surface area (Å²) in [5, 5.41) is 9.56. The summed E-state index contributed by atoms with van der Waals surface area (Å²) in [4.78, 5) is 36.7. The molecule has 48 heavy (non-hydrogen) atoms. The summed E-state index contributed by atoms with van der Waals surface area (Å²) in [6.45, 7) is 4.42. The summed E-state index contributed by atoms with van der Waals surface area (Å²) >= 11 is 0. The Balaban J connectivity index is 4.59. The monoisotopic (exact) mass is 672 g/mol. The Kier molecular flexibility index (Phi) is 29.0. The number of hydrogen-bond donors (Lipinski definition) is 1. The molecule has 0 aromatic carbocycles. The van der Waals surface area contributed by atoms with E-state index in [2.05, 4.69) is 50.3 Å². The fourth-order valence-electron chi connectivity index (χ4n) is 4.61. The third kappa shape index (κ3) is 29.0. The molecule has 0 bridgehead atoms. The van der Waals surface area contributed by atoms with Crippen LogP contribution in [0.3, 0.4) is 0 Å². The molecule has 272 valence electrons. The predicted octanol–water partition coefficient (Wildman–Crippen LogP) is 8.85. The zero-order valence-corrected chi connectivity index (χ0v) is 30.7. The van der Waals surface area contributed by atoms with Gasteiger partial charge in [-0.3, -0.25) is 9.59 Å². The number of likely N-dealkylation sites (N-methyl/N-ethyl adjacent to an activating group) is 1. The lowest BCUT2D eigenvalue weighted by atomic mass is 10.1. The van der Waals surface area contributed by atoms with E-state index in [1.807, 2.05) is 57.6 Å². The second-order valence-electron chi connectivity index (χ2n) is 12.9. The Morgan fingerprint density at radius 1 is 0.646 bits per heavy atom. The summed E-state index contributed by atoms with van der Waals surface area (Å²) in [7, 11) is 5.48. The zero-order valence-electron chi connectivity index (χ0n) is 30.7. The first kappa shape index (κ1) is 44.8. The summed E-state index contributed by atoms with van der Waals surface area (Å²) in [6, 6.07) is -0.627. The van der Waals surface area contributed by atoms with Gasteiger partial charge in [0.05, 0.1) is 34.4 Å². The molecule has 8 heteroatoms. The average molecular weight is 673 g/mol. The van der Waals surface area contributed by atoms with Crippen molar-refractivity contribution in [1.29, 1.82) is 0 Å². The molecule has 0 aliphatic heterocycles. The molecular weight excluding hydrogens is 606 g/mol. The topological polar surface area (TPSA) is 99.1 Å². The number of quaternary nitrogens is 1. The van der Waals surface area contributed by atoms with Crippen LogP contribution in [0.5, 0.6) is 0 Å². The maximum Gasteiger partial charge on any atom is 0.362 e. The number of carbonyl (C=O) groups excluding carboxylic acids is 2. The van der Waals surface area contributed by atoms with Crippen molar-refractivity contribution in [3.63, 3.8) is 0 Å². The van der Waals surface area contributed by atoms with Crippen LogP contribution in [0.2, 0.25) is 0 Å². The lowest BCUT2D eigenvalue weighted by molar-refractivity contribution is -0.887. The van der Waals surface area contributed by atoms with Crippen LogP contribution in [0.15, 0.2) is 72.9 Å². The Labute approximate surface area is 291 Å². The van der Waals surface area contributed by atoms with E-state index in [-0.39, 0.29) is 42.7 Å². The lowest BCUT2D eigenvalue weighted by Gasteiger charge is -2.31. The highest BCUT2D eigenvalue weighted by molar-refractivity contribution is 5.72. The summed E-state index contributed by atoms with van der Waals surface area (Å²) in [5.74, 6) is -1.57. The third-order valence-electron chi connectivity index (χ3n) is 7.46. The van der Waals surface area contributed by atoms with Gasteiger partial charge in [-0.2, -0.15) is 0 Å². The molecule has 0 aliphatic carbocycles. The average Bonchev–Trinajstić information content (AvgIpc) is 3.03. The van der Waals surface area contributed by atoms with Gasteiger partial charge in [-0.1, -0.05) is 112 Å². The van der Waals surface area contributed by atoms with E-state index in [4.69, 9.17) is 14.2 Å². The van der Waals surface area contributed by atoms with Gasteiger partial charge in [0.15, 0.2) is 12.1 Å². The number of carboxylic acid groups (broad SMARTS) is 1. The standard InChI is InChI=1S/C40H65NO7/c1-6-8-10-12-14-16-18-19-21-22-24-26-28-30-38(42)47-35-36(34-46-33-32-37(40(44)45)41(3,4)5)48-39(43)31-29-27-25-23-20-17-15-13-11-9-7-2/h8,10,12-21,36-37H,6-7,9,11,22-35H2,1-5H3/p+1/b10-8+,14-12+,15-13+,18-16+,20-17+,21-19+. The molecule has 8 nitrogen and oxygen atoms in total. The molecule has 0 aromatic rings. The van der Waals surface area contributed by atoms with E-state index in [0.29, 0.717) is 12.8 Å². The number of aliphatic carboxylic acids is 1. The first-order valence-corrected chi connectivity index (χ1v) is 18.0.